The summed E-state index contributed by atoms with van der Waals surface area (Å²) in [5.41, 5.74) is 3.12. The molecule has 0 aliphatic heterocycles. The van der Waals surface area contributed by atoms with Gasteiger partial charge in [0.2, 0.25) is 0 Å². The fourth-order valence-corrected chi connectivity index (χ4v) is 2.21. The molecule has 1 N–H and O–H groups in total. The van der Waals surface area contributed by atoms with E-state index in [0.29, 0.717) is 5.92 Å². The number of aryl methyl sites for hydroxylation is 1. The minimum atomic E-state index is -0.217. The van der Waals surface area contributed by atoms with Crippen molar-refractivity contribution in [3.05, 3.63) is 53.0 Å². The zero-order valence-electron chi connectivity index (χ0n) is 13.0. The molecular weight excluding hydrogens is 265 g/mol. The van der Waals surface area contributed by atoms with Gasteiger partial charge in [-0.25, -0.2) is 4.39 Å². The summed E-state index contributed by atoms with van der Waals surface area (Å²) in [6.45, 7) is 8.32. The Bertz CT molecular complexity index is 593. The molecule has 0 aliphatic rings. The van der Waals surface area contributed by atoms with Gasteiger partial charge in [0.25, 0.3) is 0 Å². The van der Waals surface area contributed by atoms with Gasteiger partial charge >= 0.3 is 0 Å². The lowest BCUT2D eigenvalue weighted by Gasteiger charge is -2.19. The van der Waals surface area contributed by atoms with Crippen molar-refractivity contribution >= 4 is 5.82 Å². The second-order valence-corrected chi connectivity index (χ2v) is 5.61. The quantitative estimate of drug-likeness (QED) is 0.872. The van der Waals surface area contributed by atoms with Crippen molar-refractivity contribution in [2.24, 2.45) is 0 Å². The standard InChI is InChI=1S/C17H22FN3/c1-5-15(13-6-8-14(18)9-7-13)19-17-12(4)10-16(11(2)3)20-21-17/h6-11,15H,5H2,1-4H3,(H,19,21)/t15-/m0/s1. The molecule has 3 nitrogen and oxygen atoms in total. The molecule has 0 aliphatic carbocycles. The summed E-state index contributed by atoms with van der Waals surface area (Å²) in [4.78, 5) is 0. The van der Waals surface area contributed by atoms with E-state index in [2.05, 4.69) is 42.4 Å². The first-order valence-electron chi connectivity index (χ1n) is 7.37. The number of hydrogen-bond donors (Lipinski definition) is 1. The van der Waals surface area contributed by atoms with E-state index in [1.165, 1.54) is 12.1 Å². The Hall–Kier alpha value is -1.97. The summed E-state index contributed by atoms with van der Waals surface area (Å²) < 4.78 is 13.0. The Morgan fingerprint density at radius 1 is 1.14 bits per heavy atom. The van der Waals surface area contributed by atoms with Crippen molar-refractivity contribution in [3.8, 4) is 0 Å². The highest BCUT2D eigenvalue weighted by Crippen LogP contribution is 2.24. The smallest absolute Gasteiger partial charge is 0.152 e. The highest BCUT2D eigenvalue weighted by molar-refractivity contribution is 5.45. The molecule has 0 fully saturated rings. The molecule has 0 spiro atoms. The molecule has 0 amide bonds. The number of benzene rings is 1. The van der Waals surface area contributed by atoms with Gasteiger partial charge in [0, 0.05) is 0 Å². The van der Waals surface area contributed by atoms with Crippen LogP contribution in [0.25, 0.3) is 0 Å². The predicted molar refractivity (Wildman–Crippen MR) is 83.9 cm³/mol. The Labute approximate surface area is 125 Å². The van der Waals surface area contributed by atoms with Crippen LogP contribution in [0, 0.1) is 12.7 Å². The minimum Gasteiger partial charge on any atom is -0.362 e. The highest BCUT2D eigenvalue weighted by Gasteiger charge is 2.13. The van der Waals surface area contributed by atoms with E-state index >= 15 is 0 Å². The van der Waals surface area contributed by atoms with Crippen molar-refractivity contribution in [1.82, 2.24) is 10.2 Å². The van der Waals surface area contributed by atoms with E-state index in [9.17, 15) is 4.39 Å². The van der Waals surface area contributed by atoms with Gasteiger partial charge in [-0.1, -0.05) is 32.9 Å². The first-order valence-corrected chi connectivity index (χ1v) is 7.37. The van der Waals surface area contributed by atoms with Gasteiger partial charge in [-0.15, -0.1) is 5.10 Å². The zero-order valence-corrected chi connectivity index (χ0v) is 13.0. The van der Waals surface area contributed by atoms with Crippen molar-refractivity contribution in [2.75, 3.05) is 5.32 Å². The molecule has 2 rings (SSSR count). The second kappa shape index (κ2) is 6.66. The predicted octanol–water partition coefficient (Wildman–Crippen LogP) is 4.61. The van der Waals surface area contributed by atoms with Crippen LogP contribution in [0.4, 0.5) is 10.2 Å². The van der Waals surface area contributed by atoms with Crippen LogP contribution in [0.2, 0.25) is 0 Å². The zero-order chi connectivity index (χ0) is 15.4. The Morgan fingerprint density at radius 3 is 2.33 bits per heavy atom. The molecule has 1 heterocycles. The molecule has 0 saturated carbocycles. The molecule has 0 bridgehead atoms. The van der Waals surface area contributed by atoms with E-state index in [1.807, 2.05) is 19.1 Å². The summed E-state index contributed by atoms with van der Waals surface area (Å²) in [7, 11) is 0. The van der Waals surface area contributed by atoms with Crippen molar-refractivity contribution in [2.45, 2.75) is 46.1 Å². The summed E-state index contributed by atoms with van der Waals surface area (Å²) >= 11 is 0. The average molecular weight is 287 g/mol. The number of rotatable bonds is 5. The van der Waals surface area contributed by atoms with Crippen LogP contribution in [0.15, 0.2) is 30.3 Å². The summed E-state index contributed by atoms with van der Waals surface area (Å²) in [6, 6.07) is 8.75. The van der Waals surface area contributed by atoms with E-state index in [1.54, 1.807) is 0 Å². The van der Waals surface area contributed by atoms with Crippen LogP contribution >= 0.6 is 0 Å². The number of nitrogens with one attached hydrogen (secondary N) is 1. The Balaban J connectivity index is 2.20. The lowest BCUT2D eigenvalue weighted by Crippen LogP contribution is -2.13. The Morgan fingerprint density at radius 2 is 1.81 bits per heavy atom. The second-order valence-electron chi connectivity index (χ2n) is 5.61. The molecule has 0 unspecified atom stereocenters. The summed E-state index contributed by atoms with van der Waals surface area (Å²) in [5, 5.41) is 12.0. The molecule has 112 valence electrons. The molecule has 1 aromatic heterocycles. The third-order valence-corrected chi connectivity index (χ3v) is 3.59. The minimum absolute atomic E-state index is 0.100. The number of anilines is 1. The van der Waals surface area contributed by atoms with Crippen molar-refractivity contribution in [3.63, 3.8) is 0 Å². The summed E-state index contributed by atoms with van der Waals surface area (Å²) in [6.07, 6.45) is 0.888. The number of aromatic nitrogens is 2. The molecule has 1 atom stereocenters. The van der Waals surface area contributed by atoms with Crippen LogP contribution in [0.5, 0.6) is 0 Å². The van der Waals surface area contributed by atoms with E-state index in [0.717, 1.165) is 29.1 Å². The van der Waals surface area contributed by atoms with Gasteiger partial charge in [0.1, 0.15) is 5.82 Å². The van der Waals surface area contributed by atoms with E-state index < -0.39 is 0 Å². The Kier molecular flexibility index (Phi) is 4.89. The van der Waals surface area contributed by atoms with Gasteiger partial charge in [0.05, 0.1) is 11.7 Å². The molecule has 0 saturated heterocycles. The van der Waals surface area contributed by atoms with Crippen LogP contribution in [0.3, 0.4) is 0 Å². The average Bonchev–Trinajstić information content (AvgIpc) is 2.47. The number of hydrogen-bond acceptors (Lipinski definition) is 3. The molecule has 2 aromatic rings. The molecule has 4 heteroatoms. The first-order chi connectivity index (χ1) is 10.0. The van der Waals surface area contributed by atoms with Gasteiger partial charge in [-0.05, 0) is 48.6 Å². The van der Waals surface area contributed by atoms with Gasteiger partial charge in [-0.2, -0.15) is 5.10 Å². The fourth-order valence-electron chi connectivity index (χ4n) is 2.21. The highest BCUT2D eigenvalue weighted by atomic mass is 19.1. The number of halogens is 1. The van der Waals surface area contributed by atoms with Crippen LogP contribution in [-0.4, -0.2) is 10.2 Å². The van der Waals surface area contributed by atoms with Gasteiger partial charge < -0.3 is 5.32 Å². The van der Waals surface area contributed by atoms with Crippen LogP contribution < -0.4 is 5.32 Å². The van der Waals surface area contributed by atoms with E-state index in [4.69, 9.17) is 0 Å². The maximum absolute atomic E-state index is 13.0. The van der Waals surface area contributed by atoms with Crippen molar-refractivity contribution in [1.29, 1.82) is 0 Å². The topological polar surface area (TPSA) is 37.8 Å². The maximum Gasteiger partial charge on any atom is 0.152 e. The lowest BCUT2D eigenvalue weighted by atomic mass is 10.0. The molecule has 1 aromatic carbocycles. The van der Waals surface area contributed by atoms with Crippen molar-refractivity contribution < 1.29 is 4.39 Å². The molecule has 21 heavy (non-hydrogen) atoms. The largest absolute Gasteiger partial charge is 0.362 e. The fraction of sp³-hybridized carbons (Fsp3) is 0.412. The number of nitrogens with zero attached hydrogens (tertiary/aromatic N) is 2. The van der Waals surface area contributed by atoms with Gasteiger partial charge in [0.15, 0.2) is 5.82 Å². The SMILES string of the molecule is CC[C@H](Nc1nnc(C(C)C)cc1C)c1ccc(F)cc1. The van der Waals surface area contributed by atoms with Crippen LogP contribution in [-0.2, 0) is 0 Å². The summed E-state index contributed by atoms with van der Waals surface area (Å²) in [5.74, 6) is 0.936. The lowest BCUT2D eigenvalue weighted by molar-refractivity contribution is 0.625. The third-order valence-electron chi connectivity index (χ3n) is 3.59. The van der Waals surface area contributed by atoms with Gasteiger partial charge in [-0.3, -0.25) is 0 Å². The third kappa shape index (κ3) is 3.78. The van der Waals surface area contributed by atoms with E-state index in [-0.39, 0.29) is 11.9 Å². The normalized spacial score (nSPS) is 12.5. The molecule has 0 radical (unpaired) electrons. The first kappa shape index (κ1) is 15.4. The van der Waals surface area contributed by atoms with Crippen LogP contribution in [0.1, 0.15) is 56.0 Å². The maximum atomic E-state index is 13.0. The molecular formula is C17H22FN3. The monoisotopic (exact) mass is 287 g/mol.